The number of amides is 2. The van der Waals surface area contributed by atoms with Gasteiger partial charge in [-0.15, -0.1) is 22.7 Å². The standard InChI is InChI=1S/C25H23N3O3S2/c1-18-10-12-23(33-18)16-27(15-22-9-6-14-31-22)24(30)13-11-20-17-32-25(26-20)28(19(2)29)21-7-4-3-5-8-21/h3-14,17H,15-16H2,1-2H3/b13-11+. The van der Waals surface area contributed by atoms with Gasteiger partial charge in [0.05, 0.1) is 30.7 Å². The van der Waals surface area contributed by atoms with Crippen molar-refractivity contribution in [3.8, 4) is 0 Å². The van der Waals surface area contributed by atoms with Gasteiger partial charge in [-0.3, -0.25) is 14.5 Å². The maximum atomic E-state index is 13.0. The molecule has 0 aliphatic carbocycles. The van der Waals surface area contributed by atoms with Gasteiger partial charge in [-0.1, -0.05) is 18.2 Å². The minimum absolute atomic E-state index is 0.127. The second-order valence-corrected chi connectivity index (χ2v) is 9.57. The molecule has 4 aromatic rings. The van der Waals surface area contributed by atoms with E-state index in [1.54, 1.807) is 33.5 Å². The topological polar surface area (TPSA) is 66.7 Å². The summed E-state index contributed by atoms with van der Waals surface area (Å²) in [5, 5.41) is 2.39. The number of anilines is 2. The Morgan fingerprint density at radius 3 is 2.55 bits per heavy atom. The molecule has 0 radical (unpaired) electrons. The van der Waals surface area contributed by atoms with E-state index in [-0.39, 0.29) is 11.8 Å². The molecule has 0 spiro atoms. The van der Waals surface area contributed by atoms with E-state index in [0.29, 0.717) is 23.9 Å². The fraction of sp³-hybridized carbons (Fsp3) is 0.160. The molecule has 0 aliphatic heterocycles. The van der Waals surface area contributed by atoms with Crippen LogP contribution in [0, 0.1) is 6.92 Å². The van der Waals surface area contributed by atoms with Crippen molar-refractivity contribution in [1.82, 2.24) is 9.88 Å². The number of thiophene rings is 1. The number of carbonyl (C=O) groups excluding carboxylic acids is 2. The van der Waals surface area contributed by atoms with Gasteiger partial charge in [-0.05, 0) is 49.4 Å². The van der Waals surface area contributed by atoms with Crippen molar-refractivity contribution in [3.05, 3.63) is 93.5 Å². The normalized spacial score (nSPS) is 11.1. The summed E-state index contributed by atoms with van der Waals surface area (Å²) in [6.45, 7) is 4.43. The Labute approximate surface area is 200 Å². The summed E-state index contributed by atoms with van der Waals surface area (Å²) in [6.07, 6.45) is 4.80. The van der Waals surface area contributed by atoms with Crippen LogP contribution in [-0.4, -0.2) is 21.7 Å². The number of furan rings is 1. The molecule has 0 saturated heterocycles. The molecule has 4 rings (SSSR count). The van der Waals surface area contributed by atoms with Gasteiger partial charge in [0, 0.05) is 28.1 Å². The van der Waals surface area contributed by atoms with Gasteiger partial charge in [0.2, 0.25) is 11.8 Å². The number of hydrogen-bond donors (Lipinski definition) is 0. The third kappa shape index (κ3) is 5.85. The van der Waals surface area contributed by atoms with Crippen molar-refractivity contribution in [2.75, 3.05) is 4.90 Å². The van der Waals surface area contributed by atoms with Gasteiger partial charge in [-0.2, -0.15) is 0 Å². The van der Waals surface area contributed by atoms with E-state index in [4.69, 9.17) is 4.42 Å². The molecule has 168 valence electrons. The summed E-state index contributed by atoms with van der Waals surface area (Å²) in [4.78, 5) is 35.4. The highest BCUT2D eigenvalue weighted by atomic mass is 32.1. The summed E-state index contributed by atoms with van der Waals surface area (Å²) >= 11 is 3.03. The first-order valence-electron chi connectivity index (χ1n) is 10.4. The molecule has 3 heterocycles. The number of thiazole rings is 1. The van der Waals surface area contributed by atoms with E-state index in [1.165, 1.54) is 29.2 Å². The van der Waals surface area contributed by atoms with Gasteiger partial charge in [0.1, 0.15) is 5.76 Å². The Bertz CT molecular complexity index is 1240. The predicted molar refractivity (Wildman–Crippen MR) is 132 cm³/mol. The SMILES string of the molecule is CC(=O)N(c1ccccc1)c1nc(/C=C/C(=O)N(Cc2ccco2)Cc2ccc(C)s2)cs1. The van der Waals surface area contributed by atoms with Crippen LogP contribution in [0.4, 0.5) is 10.8 Å². The average molecular weight is 478 g/mol. The van der Waals surface area contributed by atoms with Crippen molar-refractivity contribution >= 4 is 51.4 Å². The number of para-hydroxylation sites is 1. The smallest absolute Gasteiger partial charge is 0.247 e. The second kappa shape index (κ2) is 10.4. The minimum atomic E-state index is -0.140. The fourth-order valence-corrected chi connectivity index (χ4v) is 5.04. The Morgan fingerprint density at radius 1 is 1.06 bits per heavy atom. The van der Waals surface area contributed by atoms with E-state index in [9.17, 15) is 9.59 Å². The molecule has 0 N–H and O–H groups in total. The maximum absolute atomic E-state index is 13.0. The van der Waals surface area contributed by atoms with Gasteiger partial charge in [-0.25, -0.2) is 4.98 Å². The van der Waals surface area contributed by atoms with E-state index < -0.39 is 0 Å². The van der Waals surface area contributed by atoms with E-state index >= 15 is 0 Å². The number of rotatable bonds is 8. The molecule has 0 aliphatic rings. The Kier molecular flexibility index (Phi) is 7.16. The summed E-state index contributed by atoms with van der Waals surface area (Å²) in [5.41, 5.74) is 1.37. The molecule has 33 heavy (non-hydrogen) atoms. The molecular formula is C25H23N3O3S2. The lowest BCUT2D eigenvalue weighted by molar-refractivity contribution is -0.127. The lowest BCUT2D eigenvalue weighted by Gasteiger charge is -2.19. The zero-order valence-electron chi connectivity index (χ0n) is 18.3. The molecule has 2 amide bonds. The third-order valence-electron chi connectivity index (χ3n) is 4.81. The van der Waals surface area contributed by atoms with Gasteiger partial charge >= 0.3 is 0 Å². The number of aromatic nitrogens is 1. The van der Waals surface area contributed by atoms with Crippen LogP contribution in [0.1, 0.15) is 28.1 Å². The Hall–Kier alpha value is -3.49. The van der Waals surface area contributed by atoms with Gasteiger partial charge < -0.3 is 9.32 Å². The number of nitrogens with zero attached hydrogens (tertiary/aromatic N) is 3. The molecule has 0 fully saturated rings. The van der Waals surface area contributed by atoms with Crippen LogP contribution in [0.25, 0.3) is 6.08 Å². The van der Waals surface area contributed by atoms with E-state index in [1.807, 2.05) is 60.8 Å². The summed E-state index contributed by atoms with van der Waals surface area (Å²) in [5.74, 6) is 0.456. The Morgan fingerprint density at radius 2 is 1.88 bits per heavy atom. The molecular weight excluding hydrogens is 454 g/mol. The van der Waals surface area contributed by atoms with Crippen LogP contribution in [-0.2, 0) is 22.7 Å². The molecule has 0 saturated carbocycles. The zero-order chi connectivity index (χ0) is 23.2. The number of benzene rings is 1. The average Bonchev–Trinajstić information content (AvgIpc) is 3.56. The van der Waals surface area contributed by atoms with Crippen molar-refractivity contribution < 1.29 is 14.0 Å². The van der Waals surface area contributed by atoms with E-state index in [0.717, 1.165) is 16.3 Å². The van der Waals surface area contributed by atoms with Crippen LogP contribution in [0.2, 0.25) is 0 Å². The minimum Gasteiger partial charge on any atom is -0.467 e. The predicted octanol–water partition coefficient (Wildman–Crippen LogP) is 6.03. The van der Waals surface area contributed by atoms with Gasteiger partial charge in [0.25, 0.3) is 0 Å². The first-order valence-corrected chi connectivity index (χ1v) is 12.0. The maximum Gasteiger partial charge on any atom is 0.247 e. The van der Waals surface area contributed by atoms with Gasteiger partial charge in [0.15, 0.2) is 5.13 Å². The summed E-state index contributed by atoms with van der Waals surface area (Å²) < 4.78 is 5.45. The molecule has 0 unspecified atom stereocenters. The highest BCUT2D eigenvalue weighted by molar-refractivity contribution is 7.14. The van der Waals surface area contributed by atoms with Crippen molar-refractivity contribution in [3.63, 3.8) is 0 Å². The first-order chi connectivity index (χ1) is 16.0. The van der Waals surface area contributed by atoms with Crippen LogP contribution >= 0.6 is 22.7 Å². The summed E-state index contributed by atoms with van der Waals surface area (Å²) in [6, 6.07) is 17.1. The van der Waals surface area contributed by atoms with Crippen molar-refractivity contribution in [2.24, 2.45) is 0 Å². The van der Waals surface area contributed by atoms with Crippen LogP contribution in [0.15, 0.2) is 76.7 Å². The van der Waals surface area contributed by atoms with Crippen LogP contribution in [0.3, 0.4) is 0 Å². The number of carbonyl (C=O) groups is 2. The molecule has 3 aromatic heterocycles. The van der Waals surface area contributed by atoms with E-state index in [2.05, 4.69) is 11.1 Å². The monoisotopic (exact) mass is 477 g/mol. The fourth-order valence-electron chi connectivity index (χ4n) is 3.28. The quantitative estimate of drug-likeness (QED) is 0.291. The highest BCUT2D eigenvalue weighted by Gasteiger charge is 2.18. The largest absolute Gasteiger partial charge is 0.467 e. The summed E-state index contributed by atoms with van der Waals surface area (Å²) in [7, 11) is 0. The van der Waals surface area contributed by atoms with Crippen LogP contribution in [0.5, 0.6) is 0 Å². The number of aryl methyl sites for hydroxylation is 1. The number of hydrogen-bond acceptors (Lipinski definition) is 6. The van der Waals surface area contributed by atoms with Crippen LogP contribution < -0.4 is 4.90 Å². The molecule has 8 heteroatoms. The molecule has 0 atom stereocenters. The molecule has 1 aromatic carbocycles. The van der Waals surface area contributed by atoms with Crippen molar-refractivity contribution in [1.29, 1.82) is 0 Å². The third-order valence-corrected chi connectivity index (χ3v) is 6.64. The lowest BCUT2D eigenvalue weighted by Crippen LogP contribution is -2.28. The Balaban J connectivity index is 1.51. The second-order valence-electron chi connectivity index (χ2n) is 7.36. The highest BCUT2D eigenvalue weighted by Crippen LogP contribution is 2.29. The zero-order valence-corrected chi connectivity index (χ0v) is 19.9. The first kappa shape index (κ1) is 22.7. The molecule has 6 nitrogen and oxygen atoms in total. The molecule has 0 bridgehead atoms. The lowest BCUT2D eigenvalue weighted by atomic mass is 10.3. The van der Waals surface area contributed by atoms with Crippen molar-refractivity contribution in [2.45, 2.75) is 26.9 Å².